The van der Waals surface area contributed by atoms with Gasteiger partial charge in [0.05, 0.1) is 46.3 Å². The number of nitrogens with one attached hydrogen (secondary N) is 1. The number of aromatic amines is 1. The molecule has 274 valence electrons. The number of carbonyl (C=O) groups excluding carboxylic acids is 1. The highest BCUT2D eigenvalue weighted by atomic mass is 19.1. The van der Waals surface area contributed by atoms with Crippen LogP contribution < -0.4 is 5.69 Å². The van der Waals surface area contributed by atoms with Gasteiger partial charge in [0.2, 0.25) is 0 Å². The molecule has 1 spiro atoms. The minimum absolute atomic E-state index is 0.0728. The summed E-state index contributed by atoms with van der Waals surface area (Å²) in [4.78, 5) is 33.6. The molecule has 1 unspecified atom stereocenters. The third kappa shape index (κ3) is 5.08. The zero-order valence-corrected chi connectivity index (χ0v) is 30.2. The maximum Gasteiger partial charge on any atom is 0.338 e. The van der Waals surface area contributed by atoms with E-state index < -0.39 is 11.5 Å². The van der Waals surface area contributed by atoms with Gasteiger partial charge in [0.1, 0.15) is 17.3 Å². The Hall–Kier alpha value is -5.82. The second-order valence-electron chi connectivity index (χ2n) is 15.2. The molecule has 10 rings (SSSR count). The molecule has 1 saturated carbocycles. The third-order valence-corrected chi connectivity index (χ3v) is 11.7. The van der Waals surface area contributed by atoms with Gasteiger partial charge in [0.15, 0.2) is 5.82 Å². The molecule has 0 bridgehead atoms. The lowest BCUT2D eigenvalue weighted by Crippen LogP contribution is -2.36. The minimum atomic E-state index is -0.567. The van der Waals surface area contributed by atoms with Crippen LogP contribution in [0.15, 0.2) is 71.9 Å². The molecule has 11 nitrogen and oxygen atoms in total. The number of amides is 1. The Kier molecular flexibility index (Phi) is 7.19. The number of benzene rings is 3. The van der Waals surface area contributed by atoms with E-state index in [4.69, 9.17) is 9.84 Å². The molecule has 1 saturated heterocycles. The molecule has 6 heterocycles. The first kappa shape index (κ1) is 32.8. The van der Waals surface area contributed by atoms with E-state index in [1.54, 1.807) is 65.6 Å². The van der Waals surface area contributed by atoms with Crippen LogP contribution in [0, 0.1) is 25.5 Å². The predicted molar refractivity (Wildman–Crippen MR) is 199 cm³/mol. The highest BCUT2D eigenvalue weighted by Crippen LogP contribution is 2.50. The standard InChI is InChI=1S/C41H38F2N8O3/c1-23-16-28(17-24(2)36(23)42)51-38(50-14-13-49(40(50)53)35-7-6-34-29(37(35)43)21-44-47(34)3)30-22-48(12-8-32(30)46-51)39(52)33-19-27-18-25(4-5-31(27)45-33)26-9-15-54-41(20-26)10-11-41/h4-7,13-14,16-19,21,26,45H,8-12,15,20,22H2,1-3H3. The van der Waals surface area contributed by atoms with Gasteiger partial charge in [0, 0.05) is 55.5 Å². The molecule has 0 radical (unpaired) electrons. The summed E-state index contributed by atoms with van der Waals surface area (Å²) in [5.41, 5.74) is 5.73. The van der Waals surface area contributed by atoms with Crippen molar-refractivity contribution in [3.8, 4) is 17.2 Å². The van der Waals surface area contributed by atoms with Crippen molar-refractivity contribution < 1.29 is 18.3 Å². The molecule has 3 aromatic carbocycles. The van der Waals surface area contributed by atoms with Gasteiger partial charge in [-0.1, -0.05) is 6.07 Å². The van der Waals surface area contributed by atoms with Crippen LogP contribution in [0.1, 0.15) is 70.0 Å². The summed E-state index contributed by atoms with van der Waals surface area (Å²) in [5.74, 6) is -0.195. The summed E-state index contributed by atoms with van der Waals surface area (Å²) in [6, 6.07) is 15.0. The van der Waals surface area contributed by atoms with Gasteiger partial charge < -0.3 is 14.6 Å². The third-order valence-electron chi connectivity index (χ3n) is 11.7. The fraction of sp³-hybridized carbons (Fsp3) is 0.317. The van der Waals surface area contributed by atoms with Crippen molar-refractivity contribution in [1.29, 1.82) is 0 Å². The number of rotatable bonds is 5. The molecule has 2 fully saturated rings. The molecule has 4 aromatic heterocycles. The SMILES string of the molecule is Cc1cc(-n2nc3c(c2-n2ccn(-c4ccc5c(cnn5C)c4F)c2=O)CN(C(=O)c2cc4cc(C5CCOC6(CC6)C5)ccc4[nH]2)CC3)cc(C)c1F. The summed E-state index contributed by atoms with van der Waals surface area (Å²) >= 11 is 0. The number of ether oxygens (including phenoxy) is 1. The zero-order valence-electron chi connectivity index (χ0n) is 30.2. The summed E-state index contributed by atoms with van der Waals surface area (Å²) in [7, 11) is 1.73. The number of aryl methyl sites for hydroxylation is 3. The topological polar surface area (TPSA) is 108 Å². The summed E-state index contributed by atoms with van der Waals surface area (Å²) in [6.07, 6.45) is 9.28. The van der Waals surface area contributed by atoms with Crippen molar-refractivity contribution in [3.05, 3.63) is 123 Å². The zero-order chi connectivity index (χ0) is 37.0. The Labute approximate surface area is 308 Å². The molecule has 7 aromatic rings. The molecular weight excluding hydrogens is 690 g/mol. The molecule has 1 amide bonds. The van der Waals surface area contributed by atoms with Crippen molar-refractivity contribution in [2.75, 3.05) is 13.2 Å². The van der Waals surface area contributed by atoms with E-state index in [1.807, 2.05) is 6.07 Å². The van der Waals surface area contributed by atoms with Gasteiger partial charge in [-0.2, -0.15) is 10.2 Å². The average Bonchev–Trinajstić information content (AvgIpc) is 3.54. The minimum Gasteiger partial charge on any atom is -0.375 e. The molecule has 1 atom stereocenters. The number of fused-ring (bicyclic) bond motifs is 3. The van der Waals surface area contributed by atoms with E-state index in [0.717, 1.165) is 48.9 Å². The average molecular weight is 729 g/mol. The van der Waals surface area contributed by atoms with E-state index in [9.17, 15) is 14.0 Å². The number of carbonyl (C=O) groups is 1. The van der Waals surface area contributed by atoms with Gasteiger partial charge in [-0.3, -0.25) is 18.6 Å². The number of aromatic nitrogens is 7. The Morgan fingerprint density at radius 3 is 2.59 bits per heavy atom. The first-order valence-electron chi connectivity index (χ1n) is 18.4. The summed E-state index contributed by atoms with van der Waals surface area (Å²) in [6.45, 7) is 4.75. The Bertz CT molecular complexity index is 2720. The molecule has 1 aliphatic carbocycles. The monoisotopic (exact) mass is 728 g/mol. The Balaban J connectivity index is 1.03. The molecule has 3 aliphatic rings. The Morgan fingerprint density at radius 2 is 1.80 bits per heavy atom. The van der Waals surface area contributed by atoms with Crippen LogP contribution in [-0.2, 0) is 24.8 Å². The van der Waals surface area contributed by atoms with E-state index >= 15 is 4.39 Å². The molecular formula is C41H38F2N8O3. The lowest BCUT2D eigenvalue weighted by atomic mass is 9.87. The van der Waals surface area contributed by atoms with Crippen LogP contribution in [-0.4, -0.2) is 63.2 Å². The van der Waals surface area contributed by atoms with Crippen LogP contribution in [0.4, 0.5) is 8.78 Å². The number of halogens is 2. The lowest BCUT2D eigenvalue weighted by Gasteiger charge is -2.30. The van der Waals surface area contributed by atoms with Crippen LogP contribution >= 0.6 is 0 Å². The van der Waals surface area contributed by atoms with E-state index in [2.05, 4.69) is 28.3 Å². The van der Waals surface area contributed by atoms with Crippen LogP contribution in [0.25, 0.3) is 39.0 Å². The van der Waals surface area contributed by atoms with Crippen molar-refractivity contribution >= 4 is 27.7 Å². The molecule has 13 heteroatoms. The van der Waals surface area contributed by atoms with Gasteiger partial charge in [-0.15, -0.1) is 0 Å². The largest absolute Gasteiger partial charge is 0.375 e. The highest BCUT2D eigenvalue weighted by Gasteiger charge is 2.48. The quantitative estimate of drug-likeness (QED) is 0.212. The van der Waals surface area contributed by atoms with Crippen molar-refractivity contribution in [2.24, 2.45) is 7.05 Å². The first-order chi connectivity index (χ1) is 26.1. The first-order valence-corrected chi connectivity index (χ1v) is 18.4. The maximum absolute atomic E-state index is 15.8. The predicted octanol–water partition coefficient (Wildman–Crippen LogP) is 6.70. The number of hydrogen-bond acceptors (Lipinski definition) is 5. The van der Waals surface area contributed by atoms with Crippen LogP contribution in [0.3, 0.4) is 0 Å². The number of H-pyrrole nitrogens is 1. The van der Waals surface area contributed by atoms with Gasteiger partial charge in [-0.25, -0.2) is 18.3 Å². The van der Waals surface area contributed by atoms with E-state index in [0.29, 0.717) is 63.7 Å². The number of nitrogens with zero attached hydrogens (tertiary/aromatic N) is 7. The smallest absolute Gasteiger partial charge is 0.338 e. The fourth-order valence-corrected chi connectivity index (χ4v) is 8.59. The summed E-state index contributed by atoms with van der Waals surface area (Å²) < 4.78 is 42.6. The van der Waals surface area contributed by atoms with Gasteiger partial charge in [-0.05, 0) is 105 Å². The van der Waals surface area contributed by atoms with E-state index in [-0.39, 0.29) is 29.6 Å². The van der Waals surface area contributed by atoms with Crippen LogP contribution in [0.5, 0.6) is 0 Å². The van der Waals surface area contributed by atoms with Crippen molar-refractivity contribution in [1.82, 2.24) is 38.6 Å². The van der Waals surface area contributed by atoms with Gasteiger partial charge >= 0.3 is 5.69 Å². The maximum atomic E-state index is 15.8. The van der Waals surface area contributed by atoms with Crippen LogP contribution in [0.2, 0.25) is 0 Å². The van der Waals surface area contributed by atoms with E-state index in [1.165, 1.54) is 27.1 Å². The highest BCUT2D eigenvalue weighted by molar-refractivity contribution is 5.98. The molecule has 1 N–H and O–H groups in total. The number of hydrogen-bond donors (Lipinski definition) is 1. The normalized spacial score (nSPS) is 17.9. The lowest BCUT2D eigenvalue weighted by molar-refractivity contribution is -0.0132. The molecule has 54 heavy (non-hydrogen) atoms. The van der Waals surface area contributed by atoms with Gasteiger partial charge in [0.25, 0.3) is 5.91 Å². The Morgan fingerprint density at radius 1 is 1.00 bits per heavy atom. The van der Waals surface area contributed by atoms with Crippen molar-refractivity contribution in [3.63, 3.8) is 0 Å². The number of imidazole rings is 1. The second-order valence-corrected chi connectivity index (χ2v) is 15.2. The summed E-state index contributed by atoms with van der Waals surface area (Å²) in [5, 5.41) is 10.4. The molecule has 2 aliphatic heterocycles. The second kappa shape index (κ2) is 11.8. The fourth-order valence-electron chi connectivity index (χ4n) is 8.59. The van der Waals surface area contributed by atoms with Crippen molar-refractivity contribution in [2.45, 2.75) is 64.0 Å².